The molecule has 0 unspecified atom stereocenters. The molecule has 2 heteroatoms. The SMILES string of the molecule is CCCCC1(OC=O)C2CC3CC(C2)CC1C3. The normalized spacial score (nSPS) is 47.1. The van der Waals surface area contributed by atoms with Crippen LogP contribution in [-0.2, 0) is 9.53 Å². The Labute approximate surface area is 104 Å². The lowest BCUT2D eigenvalue weighted by Gasteiger charge is -2.60. The number of rotatable bonds is 5. The van der Waals surface area contributed by atoms with Crippen molar-refractivity contribution in [3.8, 4) is 0 Å². The highest BCUT2D eigenvalue weighted by Gasteiger charge is 2.58. The Morgan fingerprint density at radius 3 is 2.18 bits per heavy atom. The molecule has 2 nitrogen and oxygen atoms in total. The first kappa shape index (κ1) is 11.6. The lowest BCUT2D eigenvalue weighted by atomic mass is 9.49. The largest absolute Gasteiger partial charge is 0.461 e. The van der Waals surface area contributed by atoms with Crippen molar-refractivity contribution in [3.05, 3.63) is 0 Å². The third kappa shape index (κ3) is 1.71. The summed E-state index contributed by atoms with van der Waals surface area (Å²) in [6.45, 7) is 2.96. The van der Waals surface area contributed by atoms with Gasteiger partial charge in [-0.3, -0.25) is 4.79 Å². The zero-order valence-electron chi connectivity index (χ0n) is 10.9. The van der Waals surface area contributed by atoms with E-state index in [1.165, 1.54) is 44.9 Å². The quantitative estimate of drug-likeness (QED) is 0.682. The van der Waals surface area contributed by atoms with E-state index in [4.69, 9.17) is 4.74 Å². The van der Waals surface area contributed by atoms with Crippen LogP contribution in [0.4, 0.5) is 0 Å². The molecule has 0 aromatic carbocycles. The molecule has 0 saturated heterocycles. The molecule has 96 valence electrons. The van der Waals surface area contributed by atoms with E-state index in [0.29, 0.717) is 11.8 Å². The Morgan fingerprint density at radius 1 is 1.12 bits per heavy atom. The lowest BCUT2D eigenvalue weighted by Crippen LogP contribution is -2.58. The van der Waals surface area contributed by atoms with Crippen molar-refractivity contribution in [2.45, 2.75) is 63.9 Å². The fraction of sp³-hybridized carbons (Fsp3) is 0.933. The summed E-state index contributed by atoms with van der Waals surface area (Å²) in [5, 5.41) is 0. The minimum absolute atomic E-state index is 0.0643. The zero-order chi connectivity index (χ0) is 11.9. The van der Waals surface area contributed by atoms with Crippen LogP contribution in [0.5, 0.6) is 0 Å². The molecule has 0 aromatic rings. The minimum Gasteiger partial charge on any atom is -0.461 e. The molecule has 17 heavy (non-hydrogen) atoms. The number of hydrogen-bond donors (Lipinski definition) is 0. The third-order valence-corrected chi connectivity index (χ3v) is 5.71. The monoisotopic (exact) mass is 236 g/mol. The molecule has 4 rings (SSSR count). The molecule has 0 aromatic heterocycles. The average molecular weight is 236 g/mol. The first-order chi connectivity index (χ1) is 8.28. The van der Waals surface area contributed by atoms with Crippen molar-refractivity contribution in [1.82, 2.24) is 0 Å². The van der Waals surface area contributed by atoms with Crippen LogP contribution in [0.15, 0.2) is 0 Å². The van der Waals surface area contributed by atoms with Crippen molar-refractivity contribution in [2.75, 3.05) is 0 Å². The number of ether oxygens (including phenoxy) is 1. The van der Waals surface area contributed by atoms with E-state index in [1.807, 2.05) is 0 Å². The van der Waals surface area contributed by atoms with Crippen LogP contribution >= 0.6 is 0 Å². The van der Waals surface area contributed by atoms with Gasteiger partial charge in [-0.1, -0.05) is 13.3 Å². The van der Waals surface area contributed by atoms with Crippen LogP contribution in [0.1, 0.15) is 58.3 Å². The summed E-state index contributed by atoms with van der Waals surface area (Å²) in [4.78, 5) is 10.9. The molecule has 4 aliphatic carbocycles. The molecule has 0 N–H and O–H groups in total. The van der Waals surface area contributed by atoms with Crippen molar-refractivity contribution in [3.63, 3.8) is 0 Å². The standard InChI is InChI=1S/C15H24O2/c1-2-3-4-15(17-10-16)13-6-11-5-12(8-13)9-14(15)7-11/h10-14H,2-9H2,1H3. The van der Waals surface area contributed by atoms with Gasteiger partial charge in [0.05, 0.1) is 0 Å². The van der Waals surface area contributed by atoms with Crippen molar-refractivity contribution < 1.29 is 9.53 Å². The molecule has 0 aliphatic heterocycles. The maximum atomic E-state index is 10.9. The van der Waals surface area contributed by atoms with Crippen molar-refractivity contribution in [2.24, 2.45) is 23.7 Å². The maximum Gasteiger partial charge on any atom is 0.293 e. The summed E-state index contributed by atoms with van der Waals surface area (Å²) in [7, 11) is 0. The topological polar surface area (TPSA) is 26.3 Å². The highest BCUT2D eigenvalue weighted by molar-refractivity contribution is 5.39. The van der Waals surface area contributed by atoms with Gasteiger partial charge in [0, 0.05) is 0 Å². The Bertz CT molecular complexity index is 269. The molecule has 4 saturated carbocycles. The summed E-state index contributed by atoms with van der Waals surface area (Å²) < 4.78 is 5.73. The minimum atomic E-state index is -0.0643. The van der Waals surface area contributed by atoms with Gasteiger partial charge in [0.2, 0.25) is 0 Å². The fourth-order valence-corrected chi connectivity index (χ4v) is 5.18. The molecule has 0 atom stereocenters. The van der Waals surface area contributed by atoms with E-state index in [1.54, 1.807) is 0 Å². The highest BCUT2D eigenvalue weighted by atomic mass is 16.5. The Kier molecular flexibility index (Phi) is 2.92. The highest BCUT2D eigenvalue weighted by Crippen LogP contribution is 2.60. The molecule has 4 bridgehead atoms. The van der Waals surface area contributed by atoms with Gasteiger partial charge in [-0.15, -0.1) is 0 Å². The molecule has 0 spiro atoms. The number of carbonyl (C=O) groups is 1. The van der Waals surface area contributed by atoms with Crippen LogP contribution in [-0.4, -0.2) is 12.1 Å². The number of hydrogen-bond acceptors (Lipinski definition) is 2. The summed E-state index contributed by atoms with van der Waals surface area (Å²) in [5.74, 6) is 3.25. The number of carbonyl (C=O) groups excluding carboxylic acids is 1. The smallest absolute Gasteiger partial charge is 0.293 e. The Morgan fingerprint density at radius 2 is 1.71 bits per heavy atom. The second kappa shape index (κ2) is 4.29. The van der Waals surface area contributed by atoms with Crippen molar-refractivity contribution in [1.29, 1.82) is 0 Å². The Hall–Kier alpha value is -0.530. The second-order valence-electron chi connectivity index (χ2n) is 6.58. The fourth-order valence-electron chi connectivity index (χ4n) is 5.18. The number of unbranched alkanes of at least 4 members (excludes halogenated alkanes) is 1. The molecular weight excluding hydrogens is 212 g/mol. The third-order valence-electron chi connectivity index (χ3n) is 5.71. The van der Waals surface area contributed by atoms with E-state index in [-0.39, 0.29) is 5.60 Å². The van der Waals surface area contributed by atoms with Crippen LogP contribution in [0.3, 0.4) is 0 Å². The Balaban J connectivity index is 1.84. The van der Waals surface area contributed by atoms with E-state index >= 15 is 0 Å². The van der Waals surface area contributed by atoms with Gasteiger partial charge in [-0.05, 0) is 68.6 Å². The molecule has 4 fully saturated rings. The molecule has 0 heterocycles. The summed E-state index contributed by atoms with van der Waals surface area (Å²) in [5.41, 5.74) is -0.0643. The lowest BCUT2D eigenvalue weighted by molar-refractivity contribution is -0.201. The van der Waals surface area contributed by atoms with E-state index in [2.05, 4.69) is 6.92 Å². The summed E-state index contributed by atoms with van der Waals surface area (Å²) in [6.07, 6.45) is 10.3. The molecule has 0 radical (unpaired) electrons. The average Bonchev–Trinajstić information content (AvgIpc) is 2.31. The van der Waals surface area contributed by atoms with E-state index in [0.717, 1.165) is 24.7 Å². The van der Waals surface area contributed by atoms with Gasteiger partial charge in [-0.25, -0.2) is 0 Å². The van der Waals surface area contributed by atoms with Crippen molar-refractivity contribution >= 4 is 6.47 Å². The summed E-state index contributed by atoms with van der Waals surface area (Å²) >= 11 is 0. The molecular formula is C15H24O2. The van der Waals surface area contributed by atoms with Crippen LogP contribution < -0.4 is 0 Å². The van der Waals surface area contributed by atoms with E-state index in [9.17, 15) is 4.79 Å². The van der Waals surface area contributed by atoms with Gasteiger partial charge >= 0.3 is 0 Å². The van der Waals surface area contributed by atoms with Crippen LogP contribution in [0.2, 0.25) is 0 Å². The summed E-state index contributed by atoms with van der Waals surface area (Å²) in [6, 6.07) is 0. The predicted octanol–water partition coefficient (Wildman–Crippen LogP) is 3.54. The molecule has 4 aliphatic rings. The van der Waals surface area contributed by atoms with Gasteiger partial charge in [0.15, 0.2) is 0 Å². The van der Waals surface area contributed by atoms with E-state index < -0.39 is 0 Å². The van der Waals surface area contributed by atoms with Crippen LogP contribution in [0.25, 0.3) is 0 Å². The second-order valence-corrected chi connectivity index (χ2v) is 6.58. The zero-order valence-corrected chi connectivity index (χ0v) is 10.9. The predicted molar refractivity (Wildman–Crippen MR) is 66.5 cm³/mol. The first-order valence-electron chi connectivity index (χ1n) is 7.40. The van der Waals surface area contributed by atoms with Gasteiger partial charge in [0.25, 0.3) is 6.47 Å². The molecule has 0 amide bonds. The van der Waals surface area contributed by atoms with Gasteiger partial charge in [0.1, 0.15) is 5.60 Å². The van der Waals surface area contributed by atoms with Gasteiger partial charge < -0.3 is 4.74 Å². The van der Waals surface area contributed by atoms with Gasteiger partial charge in [-0.2, -0.15) is 0 Å². The maximum absolute atomic E-state index is 10.9. The first-order valence-corrected chi connectivity index (χ1v) is 7.40. The van der Waals surface area contributed by atoms with Crippen LogP contribution in [0, 0.1) is 23.7 Å².